The van der Waals surface area contributed by atoms with E-state index in [1.807, 2.05) is 49.9 Å². The van der Waals surface area contributed by atoms with Gasteiger partial charge in [0.25, 0.3) is 0 Å². The SMILES string of the molecule is CC(C)(C)Nc1ccc(C2CN(CC(=O)O)CCN(CCO)CCN(CC(=O)O)CCN(CC(=O)O)CCN2CC(=O)O)cc1. The van der Waals surface area contributed by atoms with Crippen molar-refractivity contribution in [2.75, 3.05) is 104 Å². The van der Waals surface area contributed by atoms with Crippen molar-refractivity contribution in [2.45, 2.75) is 32.4 Å². The number of nitrogens with one attached hydrogen (secondary N) is 1. The Kier molecular flexibility index (Phi) is 15.6. The van der Waals surface area contributed by atoms with E-state index in [1.165, 1.54) is 0 Å². The maximum atomic E-state index is 12.1. The Hall–Kier alpha value is -3.34. The van der Waals surface area contributed by atoms with Crippen molar-refractivity contribution in [3.63, 3.8) is 0 Å². The topological polar surface area (TPSA) is 198 Å². The highest BCUT2D eigenvalue weighted by Gasteiger charge is 2.28. The van der Waals surface area contributed by atoms with Crippen molar-refractivity contribution in [3.8, 4) is 0 Å². The van der Waals surface area contributed by atoms with E-state index < -0.39 is 29.9 Å². The summed E-state index contributed by atoms with van der Waals surface area (Å²) >= 11 is 0. The predicted octanol–water partition coefficient (Wildman–Crippen LogP) is -0.208. The van der Waals surface area contributed by atoms with E-state index in [1.54, 1.807) is 19.6 Å². The lowest BCUT2D eigenvalue weighted by Gasteiger charge is -2.36. The molecular formula is C30H50N6O9. The van der Waals surface area contributed by atoms with Crippen LogP contribution in [0.25, 0.3) is 0 Å². The van der Waals surface area contributed by atoms with Crippen molar-refractivity contribution >= 4 is 29.6 Å². The fourth-order valence-corrected chi connectivity index (χ4v) is 5.36. The van der Waals surface area contributed by atoms with Crippen molar-refractivity contribution in [1.29, 1.82) is 0 Å². The second-order valence-corrected chi connectivity index (χ2v) is 12.4. The molecule has 1 fully saturated rings. The van der Waals surface area contributed by atoms with E-state index in [4.69, 9.17) is 0 Å². The lowest BCUT2D eigenvalue weighted by Crippen LogP contribution is -2.47. The third-order valence-corrected chi connectivity index (χ3v) is 7.42. The van der Waals surface area contributed by atoms with Gasteiger partial charge in [-0.3, -0.25) is 43.7 Å². The van der Waals surface area contributed by atoms with Gasteiger partial charge >= 0.3 is 23.9 Å². The number of hydrogen-bond acceptors (Lipinski definition) is 11. The van der Waals surface area contributed by atoms with Gasteiger partial charge in [-0.05, 0) is 38.5 Å². The zero-order chi connectivity index (χ0) is 33.6. The van der Waals surface area contributed by atoms with Crippen LogP contribution in [-0.4, -0.2) is 178 Å². The molecular weight excluding hydrogens is 588 g/mol. The molecule has 0 radical (unpaired) electrons. The summed E-state index contributed by atoms with van der Waals surface area (Å²) in [6.45, 7) is 7.49. The molecule has 1 aromatic rings. The van der Waals surface area contributed by atoms with Gasteiger partial charge in [-0.25, -0.2) is 0 Å². The average Bonchev–Trinajstić information content (AvgIpc) is 2.91. The molecule has 0 aliphatic carbocycles. The van der Waals surface area contributed by atoms with E-state index in [2.05, 4.69) is 5.32 Å². The van der Waals surface area contributed by atoms with Gasteiger partial charge in [-0.2, -0.15) is 0 Å². The lowest BCUT2D eigenvalue weighted by molar-refractivity contribution is -0.141. The Morgan fingerprint density at radius 3 is 1.53 bits per heavy atom. The molecule has 1 atom stereocenters. The quantitative estimate of drug-likeness (QED) is 0.176. The van der Waals surface area contributed by atoms with Crippen LogP contribution >= 0.6 is 0 Å². The maximum Gasteiger partial charge on any atom is 0.317 e. The minimum absolute atomic E-state index is 0.145. The molecule has 1 heterocycles. The number of carboxylic acids is 4. The molecule has 254 valence electrons. The number of aliphatic hydroxyl groups excluding tert-OH is 1. The molecule has 0 bridgehead atoms. The third kappa shape index (κ3) is 15.5. The minimum atomic E-state index is -1.08. The number of aliphatic carboxylic acids is 4. The molecule has 1 aliphatic heterocycles. The molecule has 0 spiro atoms. The highest BCUT2D eigenvalue weighted by atomic mass is 16.4. The second kappa shape index (κ2) is 18.6. The number of aliphatic hydroxyl groups is 1. The Labute approximate surface area is 264 Å². The first kappa shape index (κ1) is 37.8. The van der Waals surface area contributed by atoms with Crippen LogP contribution in [0.1, 0.15) is 32.4 Å². The fourth-order valence-electron chi connectivity index (χ4n) is 5.36. The molecule has 0 saturated carbocycles. The molecule has 15 heteroatoms. The van der Waals surface area contributed by atoms with Crippen LogP contribution in [0.2, 0.25) is 0 Å². The Morgan fingerprint density at radius 1 is 0.667 bits per heavy atom. The summed E-state index contributed by atoms with van der Waals surface area (Å²) in [6.07, 6.45) is 0. The van der Waals surface area contributed by atoms with E-state index in [0.29, 0.717) is 32.7 Å². The number of nitrogens with zero attached hydrogens (tertiary/aromatic N) is 5. The number of benzene rings is 1. The van der Waals surface area contributed by atoms with Crippen LogP contribution in [0, 0.1) is 0 Å². The highest BCUT2D eigenvalue weighted by molar-refractivity contribution is 5.70. The normalized spacial score (nSPS) is 19.8. The molecule has 0 amide bonds. The van der Waals surface area contributed by atoms with E-state index >= 15 is 0 Å². The zero-order valence-electron chi connectivity index (χ0n) is 26.6. The molecule has 1 aromatic carbocycles. The number of carboxylic acid groups (broad SMARTS) is 4. The summed E-state index contributed by atoms with van der Waals surface area (Å²) in [4.78, 5) is 56.1. The van der Waals surface area contributed by atoms with Crippen LogP contribution < -0.4 is 5.32 Å². The van der Waals surface area contributed by atoms with Gasteiger partial charge < -0.3 is 30.8 Å². The number of rotatable bonds is 12. The zero-order valence-corrected chi connectivity index (χ0v) is 26.6. The van der Waals surface area contributed by atoms with Crippen LogP contribution in [0.3, 0.4) is 0 Å². The number of β-amino-alcohol motifs (C(OH)–C–C–N with tert-alkyl or cyclic N) is 1. The largest absolute Gasteiger partial charge is 0.480 e. The van der Waals surface area contributed by atoms with Crippen molar-refractivity contribution in [2.24, 2.45) is 0 Å². The average molecular weight is 639 g/mol. The first-order chi connectivity index (χ1) is 21.1. The van der Waals surface area contributed by atoms with E-state index in [-0.39, 0.29) is 71.0 Å². The summed E-state index contributed by atoms with van der Waals surface area (Å²) in [5.74, 6) is -4.23. The van der Waals surface area contributed by atoms with Crippen LogP contribution in [0.4, 0.5) is 5.69 Å². The Bertz CT molecular complexity index is 1100. The molecule has 1 aliphatic rings. The summed E-state index contributed by atoms with van der Waals surface area (Å²) in [5, 5.41) is 51.8. The van der Waals surface area contributed by atoms with Gasteiger partial charge in [0.05, 0.1) is 32.8 Å². The number of hydrogen-bond donors (Lipinski definition) is 6. The molecule has 1 unspecified atom stereocenters. The molecule has 1 saturated heterocycles. The van der Waals surface area contributed by atoms with Crippen LogP contribution in [0.15, 0.2) is 24.3 Å². The maximum absolute atomic E-state index is 12.1. The van der Waals surface area contributed by atoms with E-state index in [9.17, 15) is 44.7 Å². The highest BCUT2D eigenvalue weighted by Crippen LogP contribution is 2.25. The smallest absolute Gasteiger partial charge is 0.317 e. The van der Waals surface area contributed by atoms with Crippen molar-refractivity contribution in [3.05, 3.63) is 29.8 Å². The number of anilines is 1. The summed E-state index contributed by atoms with van der Waals surface area (Å²) in [5.41, 5.74) is 1.46. The molecule has 45 heavy (non-hydrogen) atoms. The van der Waals surface area contributed by atoms with Crippen LogP contribution in [-0.2, 0) is 19.2 Å². The molecule has 2 rings (SSSR count). The van der Waals surface area contributed by atoms with Crippen LogP contribution in [0.5, 0.6) is 0 Å². The molecule has 0 aromatic heterocycles. The second-order valence-electron chi connectivity index (χ2n) is 12.4. The van der Waals surface area contributed by atoms with Gasteiger partial charge in [-0.1, -0.05) is 12.1 Å². The fraction of sp³-hybridized carbons (Fsp3) is 0.667. The van der Waals surface area contributed by atoms with Gasteiger partial charge in [0.2, 0.25) is 0 Å². The summed E-state index contributed by atoms with van der Waals surface area (Å²) in [6, 6.07) is 7.02. The number of carbonyl (C=O) groups is 4. The summed E-state index contributed by atoms with van der Waals surface area (Å²) < 4.78 is 0. The predicted molar refractivity (Wildman–Crippen MR) is 168 cm³/mol. The first-order valence-electron chi connectivity index (χ1n) is 15.1. The van der Waals surface area contributed by atoms with Gasteiger partial charge in [0.1, 0.15) is 0 Å². The van der Waals surface area contributed by atoms with Gasteiger partial charge in [-0.15, -0.1) is 0 Å². The van der Waals surface area contributed by atoms with Gasteiger partial charge in [0, 0.05) is 82.7 Å². The lowest BCUT2D eigenvalue weighted by atomic mass is 10.0. The van der Waals surface area contributed by atoms with Crippen molar-refractivity contribution < 1.29 is 44.7 Å². The standard InChI is InChI=1S/C30H50N6O9/c1-30(2,3)31-24-6-4-23(5-7-24)25-18-35(21-28(42)43)13-9-32(16-17-37)8-10-33(19-26(38)39)11-12-34(20-27(40)41)14-15-36(25)22-29(44)45/h4-7,25,31,37H,8-22H2,1-3H3,(H,38,39)(H,40,41)(H,42,43)(H,44,45). The van der Waals surface area contributed by atoms with Crippen molar-refractivity contribution in [1.82, 2.24) is 24.5 Å². The monoisotopic (exact) mass is 638 g/mol. The molecule has 6 N–H and O–H groups in total. The molecule has 15 nitrogen and oxygen atoms in total. The Morgan fingerprint density at radius 2 is 1.09 bits per heavy atom. The summed E-state index contributed by atoms with van der Waals surface area (Å²) in [7, 11) is 0. The Balaban J connectivity index is 2.55. The minimum Gasteiger partial charge on any atom is -0.480 e. The van der Waals surface area contributed by atoms with E-state index in [0.717, 1.165) is 11.3 Å². The third-order valence-electron chi connectivity index (χ3n) is 7.42. The first-order valence-corrected chi connectivity index (χ1v) is 15.1. The van der Waals surface area contributed by atoms with Gasteiger partial charge in [0.15, 0.2) is 0 Å².